The highest BCUT2D eigenvalue weighted by Crippen LogP contribution is 2.19. The number of nitrogens with one attached hydrogen (secondary N) is 1. The number of hydrogen-bond acceptors (Lipinski definition) is 4. The van der Waals surface area contributed by atoms with E-state index in [-0.39, 0.29) is 18.6 Å². The summed E-state index contributed by atoms with van der Waals surface area (Å²) in [6.07, 6.45) is 7.97. The van der Waals surface area contributed by atoms with E-state index in [0.29, 0.717) is 24.2 Å². The molecule has 1 unspecified atom stereocenters. The van der Waals surface area contributed by atoms with E-state index in [1.807, 2.05) is 30.3 Å². The summed E-state index contributed by atoms with van der Waals surface area (Å²) in [5.41, 5.74) is 1.55. The average Bonchev–Trinajstić information content (AvgIpc) is 3.20. The number of hydrogen-bond donors (Lipinski definition) is 2. The summed E-state index contributed by atoms with van der Waals surface area (Å²) in [5, 5.41) is 12.2. The molecular formula is C19H20N4O2. The Kier molecular flexibility index (Phi) is 5.53. The smallest absolute Gasteiger partial charge is 0.251 e. The second-order valence-electron chi connectivity index (χ2n) is 5.68. The molecule has 1 atom stereocenters. The van der Waals surface area contributed by atoms with Crippen molar-refractivity contribution >= 4 is 5.91 Å². The normalized spacial score (nSPS) is 11.9. The molecule has 0 aliphatic heterocycles. The Bertz CT molecular complexity index is 803. The highest BCUT2D eigenvalue weighted by atomic mass is 16.3. The lowest BCUT2D eigenvalue weighted by atomic mass is 10.0. The molecule has 0 saturated carbocycles. The minimum Gasteiger partial charge on any atom is -0.396 e. The van der Waals surface area contributed by atoms with E-state index in [1.165, 1.54) is 0 Å². The molecule has 0 saturated heterocycles. The molecule has 0 radical (unpaired) electrons. The second-order valence-corrected chi connectivity index (χ2v) is 5.68. The highest BCUT2D eigenvalue weighted by Gasteiger charge is 2.16. The van der Waals surface area contributed by atoms with Crippen LogP contribution in [0.1, 0.15) is 34.8 Å². The van der Waals surface area contributed by atoms with Crippen molar-refractivity contribution in [2.24, 2.45) is 0 Å². The third-order valence-electron chi connectivity index (χ3n) is 3.93. The maximum atomic E-state index is 12.7. The zero-order valence-electron chi connectivity index (χ0n) is 13.7. The molecule has 0 bridgehead atoms. The van der Waals surface area contributed by atoms with Crippen LogP contribution in [-0.2, 0) is 0 Å². The van der Waals surface area contributed by atoms with Gasteiger partial charge in [-0.05, 0) is 30.5 Å². The average molecular weight is 336 g/mol. The van der Waals surface area contributed by atoms with E-state index in [1.54, 1.807) is 41.6 Å². The van der Waals surface area contributed by atoms with Gasteiger partial charge in [0.25, 0.3) is 5.91 Å². The first-order chi connectivity index (χ1) is 12.3. The summed E-state index contributed by atoms with van der Waals surface area (Å²) in [6.45, 7) is 0.0965. The fraction of sp³-hybridized carbons (Fsp3) is 0.211. The van der Waals surface area contributed by atoms with E-state index >= 15 is 0 Å². The van der Waals surface area contributed by atoms with Crippen LogP contribution in [0.15, 0.2) is 67.4 Å². The maximum Gasteiger partial charge on any atom is 0.251 e. The number of aliphatic hydroxyl groups is 1. The predicted octanol–water partition coefficient (Wildman–Crippen LogP) is 2.51. The standard InChI is InChI=1S/C19H20N4O2/c24-12-4-7-17(15-5-2-1-3-6-15)22-19(25)16-8-9-21-18(13-16)23-11-10-20-14-23/h1-3,5-6,8-11,13-14,17,24H,4,7,12H2,(H,22,25). The summed E-state index contributed by atoms with van der Waals surface area (Å²) >= 11 is 0. The molecule has 2 aromatic heterocycles. The van der Waals surface area contributed by atoms with Crippen molar-refractivity contribution in [2.45, 2.75) is 18.9 Å². The van der Waals surface area contributed by atoms with Gasteiger partial charge in [-0.2, -0.15) is 0 Å². The fourth-order valence-corrected chi connectivity index (χ4v) is 2.64. The summed E-state index contributed by atoms with van der Waals surface area (Å²) in [5.74, 6) is 0.465. The quantitative estimate of drug-likeness (QED) is 0.695. The van der Waals surface area contributed by atoms with Gasteiger partial charge in [0.15, 0.2) is 0 Å². The van der Waals surface area contributed by atoms with Gasteiger partial charge < -0.3 is 10.4 Å². The Morgan fingerprint density at radius 3 is 2.76 bits per heavy atom. The molecule has 6 nitrogen and oxygen atoms in total. The summed E-state index contributed by atoms with van der Waals surface area (Å²) in [7, 11) is 0. The molecule has 2 heterocycles. The molecule has 1 aromatic carbocycles. The Morgan fingerprint density at radius 1 is 1.20 bits per heavy atom. The number of imidazole rings is 1. The van der Waals surface area contributed by atoms with Crippen LogP contribution in [0.5, 0.6) is 0 Å². The topological polar surface area (TPSA) is 80.0 Å². The molecule has 25 heavy (non-hydrogen) atoms. The van der Waals surface area contributed by atoms with Crippen LogP contribution < -0.4 is 5.32 Å². The van der Waals surface area contributed by atoms with Gasteiger partial charge in [-0.3, -0.25) is 9.36 Å². The third-order valence-corrected chi connectivity index (χ3v) is 3.93. The lowest BCUT2D eigenvalue weighted by Crippen LogP contribution is -2.29. The van der Waals surface area contributed by atoms with E-state index in [0.717, 1.165) is 5.56 Å². The third kappa shape index (κ3) is 4.30. The molecular weight excluding hydrogens is 316 g/mol. The first-order valence-electron chi connectivity index (χ1n) is 8.19. The molecule has 0 aliphatic rings. The number of aliphatic hydroxyl groups excluding tert-OH is 1. The number of amides is 1. The van der Waals surface area contributed by atoms with Crippen molar-refractivity contribution < 1.29 is 9.90 Å². The summed E-state index contributed by atoms with van der Waals surface area (Å²) in [4.78, 5) is 20.9. The van der Waals surface area contributed by atoms with Gasteiger partial charge in [0, 0.05) is 30.8 Å². The number of pyridine rings is 1. The number of carbonyl (C=O) groups excluding carboxylic acids is 1. The van der Waals surface area contributed by atoms with Gasteiger partial charge in [-0.15, -0.1) is 0 Å². The van der Waals surface area contributed by atoms with Crippen molar-refractivity contribution in [2.75, 3.05) is 6.61 Å². The van der Waals surface area contributed by atoms with E-state index < -0.39 is 0 Å². The second kappa shape index (κ2) is 8.21. The Balaban J connectivity index is 1.78. The highest BCUT2D eigenvalue weighted by molar-refractivity contribution is 5.94. The zero-order valence-corrected chi connectivity index (χ0v) is 13.7. The molecule has 0 aliphatic carbocycles. The summed E-state index contributed by atoms with van der Waals surface area (Å²) in [6, 6.07) is 13.0. The Hall–Kier alpha value is -2.99. The van der Waals surface area contributed by atoms with Crippen molar-refractivity contribution in [3.63, 3.8) is 0 Å². The fourth-order valence-electron chi connectivity index (χ4n) is 2.64. The number of aromatic nitrogens is 3. The first kappa shape index (κ1) is 16.9. The largest absolute Gasteiger partial charge is 0.396 e. The van der Waals surface area contributed by atoms with Gasteiger partial charge in [0.2, 0.25) is 0 Å². The maximum absolute atomic E-state index is 12.7. The SMILES string of the molecule is O=C(NC(CCCO)c1ccccc1)c1ccnc(-n2ccnc2)c1. The number of nitrogens with zero attached hydrogens (tertiary/aromatic N) is 3. The number of carbonyl (C=O) groups is 1. The monoisotopic (exact) mass is 336 g/mol. The van der Waals surface area contributed by atoms with Crippen LogP contribution >= 0.6 is 0 Å². The minimum absolute atomic E-state index is 0.0965. The van der Waals surface area contributed by atoms with Gasteiger partial charge in [-0.1, -0.05) is 30.3 Å². The molecule has 0 spiro atoms. The molecule has 3 rings (SSSR count). The lowest BCUT2D eigenvalue weighted by molar-refractivity contribution is 0.0932. The van der Waals surface area contributed by atoms with Crippen molar-refractivity contribution in [1.82, 2.24) is 19.9 Å². The van der Waals surface area contributed by atoms with Crippen LogP contribution in [0.2, 0.25) is 0 Å². The molecule has 1 amide bonds. The molecule has 6 heteroatoms. The Labute approximate surface area is 146 Å². The first-order valence-corrected chi connectivity index (χ1v) is 8.19. The number of benzene rings is 1. The number of rotatable bonds is 7. The molecule has 128 valence electrons. The lowest BCUT2D eigenvalue weighted by Gasteiger charge is -2.19. The van der Waals surface area contributed by atoms with Crippen molar-refractivity contribution in [1.29, 1.82) is 0 Å². The van der Waals surface area contributed by atoms with Gasteiger partial charge in [-0.25, -0.2) is 9.97 Å². The van der Waals surface area contributed by atoms with Crippen molar-refractivity contribution in [3.05, 3.63) is 78.5 Å². The molecule has 0 fully saturated rings. The summed E-state index contributed by atoms with van der Waals surface area (Å²) < 4.78 is 1.75. The Morgan fingerprint density at radius 2 is 2.04 bits per heavy atom. The van der Waals surface area contributed by atoms with E-state index in [9.17, 15) is 4.79 Å². The van der Waals surface area contributed by atoms with E-state index in [2.05, 4.69) is 15.3 Å². The van der Waals surface area contributed by atoms with Crippen LogP contribution in [0.25, 0.3) is 5.82 Å². The van der Waals surface area contributed by atoms with Gasteiger partial charge >= 0.3 is 0 Å². The van der Waals surface area contributed by atoms with Crippen LogP contribution in [0.4, 0.5) is 0 Å². The molecule has 2 N–H and O–H groups in total. The van der Waals surface area contributed by atoms with Crippen LogP contribution in [0, 0.1) is 0 Å². The van der Waals surface area contributed by atoms with Crippen LogP contribution in [0.3, 0.4) is 0 Å². The van der Waals surface area contributed by atoms with E-state index in [4.69, 9.17) is 5.11 Å². The van der Waals surface area contributed by atoms with Crippen LogP contribution in [-0.4, -0.2) is 32.2 Å². The van der Waals surface area contributed by atoms with Gasteiger partial charge in [0.05, 0.1) is 6.04 Å². The van der Waals surface area contributed by atoms with Gasteiger partial charge in [0.1, 0.15) is 12.1 Å². The molecule has 3 aromatic rings. The minimum atomic E-state index is -0.171. The predicted molar refractivity (Wildman–Crippen MR) is 94.3 cm³/mol. The van der Waals surface area contributed by atoms with Crippen molar-refractivity contribution in [3.8, 4) is 5.82 Å². The zero-order chi connectivity index (χ0) is 17.5.